The number of aromatic nitrogens is 3. The molecule has 1 saturated carbocycles. The molecule has 0 radical (unpaired) electrons. The number of hydrogen-bond acceptors (Lipinski definition) is 4. The molecule has 0 bridgehead atoms. The highest BCUT2D eigenvalue weighted by Crippen LogP contribution is 2.38. The zero-order valence-electron chi connectivity index (χ0n) is 13.7. The van der Waals surface area contributed by atoms with Crippen LogP contribution in [0.5, 0.6) is 5.75 Å². The second kappa shape index (κ2) is 6.20. The van der Waals surface area contributed by atoms with Crippen LogP contribution in [0.25, 0.3) is 16.8 Å². The summed E-state index contributed by atoms with van der Waals surface area (Å²) in [5.41, 5.74) is 3.47. The molecule has 2 heterocycles. The maximum absolute atomic E-state index is 11.3. The maximum Gasteiger partial charge on any atom is 0.356 e. The van der Waals surface area contributed by atoms with Crippen LogP contribution in [0.15, 0.2) is 36.5 Å². The largest absolute Gasteiger partial charge is 0.508 e. The highest BCUT2D eigenvalue weighted by molar-refractivity contribution is 5.86. The van der Waals surface area contributed by atoms with Crippen molar-refractivity contribution < 1.29 is 15.0 Å². The van der Waals surface area contributed by atoms with Crippen molar-refractivity contribution in [1.29, 1.82) is 0 Å². The number of rotatable bonds is 3. The topological polar surface area (TPSA) is 87.7 Å². The minimum Gasteiger partial charge on any atom is -0.508 e. The third-order valence-electron chi connectivity index (χ3n) is 4.91. The number of phenols is 1. The molecule has 6 heteroatoms. The highest BCUT2D eigenvalue weighted by atomic mass is 16.4. The van der Waals surface area contributed by atoms with Gasteiger partial charge in [0.15, 0.2) is 11.3 Å². The number of aromatic carboxylic acids is 1. The predicted molar refractivity (Wildman–Crippen MR) is 92.9 cm³/mol. The first-order valence-electron chi connectivity index (χ1n) is 8.55. The van der Waals surface area contributed by atoms with Gasteiger partial charge in [0.2, 0.25) is 0 Å². The lowest BCUT2D eigenvalue weighted by atomic mass is 9.84. The third-order valence-corrected chi connectivity index (χ3v) is 4.91. The zero-order chi connectivity index (χ0) is 17.4. The lowest BCUT2D eigenvalue weighted by Crippen LogP contribution is -2.13. The summed E-state index contributed by atoms with van der Waals surface area (Å²) in [6, 6.07) is 8.51. The van der Waals surface area contributed by atoms with Gasteiger partial charge < -0.3 is 10.2 Å². The minimum absolute atomic E-state index is 0.00687. The summed E-state index contributed by atoms with van der Waals surface area (Å²) in [6.07, 6.45) is 7.48. The summed E-state index contributed by atoms with van der Waals surface area (Å²) in [5.74, 6) is -0.514. The summed E-state index contributed by atoms with van der Waals surface area (Å²) < 4.78 is 1.70. The van der Waals surface area contributed by atoms with Gasteiger partial charge in [-0.15, -0.1) is 0 Å². The highest BCUT2D eigenvalue weighted by Gasteiger charge is 2.24. The van der Waals surface area contributed by atoms with E-state index in [0.717, 1.165) is 42.5 Å². The summed E-state index contributed by atoms with van der Waals surface area (Å²) in [5, 5.41) is 23.1. The second-order valence-electron chi connectivity index (χ2n) is 6.54. The van der Waals surface area contributed by atoms with Crippen LogP contribution in [0, 0.1) is 0 Å². The normalized spacial score (nSPS) is 15.5. The van der Waals surface area contributed by atoms with Gasteiger partial charge in [0.05, 0.1) is 5.69 Å². The summed E-state index contributed by atoms with van der Waals surface area (Å²) in [6.45, 7) is 0. The van der Waals surface area contributed by atoms with E-state index in [4.69, 9.17) is 0 Å². The van der Waals surface area contributed by atoms with Crippen LogP contribution in [0.1, 0.15) is 54.2 Å². The van der Waals surface area contributed by atoms with E-state index in [1.807, 2.05) is 12.1 Å². The van der Waals surface area contributed by atoms with E-state index >= 15 is 0 Å². The monoisotopic (exact) mass is 337 g/mol. The third kappa shape index (κ3) is 2.84. The number of nitrogens with zero attached hydrogens (tertiary/aromatic N) is 3. The van der Waals surface area contributed by atoms with Gasteiger partial charge in [-0.25, -0.2) is 14.3 Å². The average Bonchev–Trinajstić information content (AvgIpc) is 3.07. The molecule has 0 unspecified atom stereocenters. The van der Waals surface area contributed by atoms with Gasteiger partial charge in [0, 0.05) is 23.7 Å². The Kier molecular flexibility index (Phi) is 3.87. The molecule has 0 spiro atoms. The number of carboxylic acid groups (broad SMARTS) is 1. The standard InChI is InChI=1S/C19H19N3O3/c23-14-8-6-12(7-9-14)15-11-20-17-10-16(19(24)25)21-22(17)18(15)13-4-2-1-3-5-13/h6-11,13,23H,1-5H2,(H,24,25). The van der Waals surface area contributed by atoms with Crippen LogP contribution in [0.4, 0.5) is 0 Å². The molecule has 1 aromatic carbocycles. The lowest BCUT2D eigenvalue weighted by molar-refractivity contribution is 0.0690. The SMILES string of the molecule is O=C(O)c1cc2ncc(-c3ccc(O)cc3)c(C3CCCCC3)n2n1. The quantitative estimate of drug-likeness (QED) is 0.758. The first-order chi connectivity index (χ1) is 12.1. The molecule has 1 fully saturated rings. The molecule has 2 N–H and O–H groups in total. The molecule has 1 aliphatic carbocycles. The molecule has 2 aromatic heterocycles. The van der Waals surface area contributed by atoms with Crippen LogP contribution in [0.3, 0.4) is 0 Å². The van der Waals surface area contributed by atoms with Crippen LogP contribution in [-0.4, -0.2) is 30.8 Å². The number of fused-ring (bicyclic) bond motifs is 1. The molecule has 0 amide bonds. The molecule has 1 aliphatic rings. The first kappa shape index (κ1) is 15.6. The van der Waals surface area contributed by atoms with Gasteiger partial charge in [0.1, 0.15) is 5.75 Å². The summed E-state index contributed by atoms with van der Waals surface area (Å²) >= 11 is 0. The van der Waals surface area contributed by atoms with E-state index in [9.17, 15) is 15.0 Å². The Balaban J connectivity index is 1.94. The fourth-order valence-corrected chi connectivity index (χ4v) is 3.69. The Labute approximate surface area is 144 Å². The number of carboxylic acids is 1. The molecule has 0 atom stereocenters. The van der Waals surface area contributed by atoms with E-state index in [1.54, 1.807) is 22.8 Å². The summed E-state index contributed by atoms with van der Waals surface area (Å²) in [4.78, 5) is 15.7. The molecule has 4 rings (SSSR count). The molecule has 3 aromatic rings. The first-order valence-corrected chi connectivity index (χ1v) is 8.55. The van der Waals surface area contributed by atoms with E-state index < -0.39 is 5.97 Å². The molecular formula is C19H19N3O3. The zero-order valence-corrected chi connectivity index (χ0v) is 13.7. The molecule has 25 heavy (non-hydrogen) atoms. The molecule has 6 nitrogen and oxygen atoms in total. The van der Waals surface area contributed by atoms with E-state index in [0.29, 0.717) is 11.6 Å². The van der Waals surface area contributed by atoms with Gasteiger partial charge in [-0.2, -0.15) is 5.10 Å². The van der Waals surface area contributed by atoms with Crippen LogP contribution in [0.2, 0.25) is 0 Å². The van der Waals surface area contributed by atoms with Gasteiger partial charge in [-0.3, -0.25) is 0 Å². The van der Waals surface area contributed by atoms with Gasteiger partial charge in [0.25, 0.3) is 0 Å². The minimum atomic E-state index is -1.05. The Morgan fingerprint density at radius 2 is 1.84 bits per heavy atom. The average molecular weight is 337 g/mol. The van der Waals surface area contributed by atoms with Gasteiger partial charge >= 0.3 is 5.97 Å². The maximum atomic E-state index is 11.3. The second-order valence-corrected chi connectivity index (χ2v) is 6.54. The number of benzene rings is 1. The number of carbonyl (C=O) groups is 1. The van der Waals surface area contributed by atoms with Crippen molar-refractivity contribution in [1.82, 2.24) is 14.6 Å². The van der Waals surface area contributed by atoms with Crippen molar-refractivity contribution in [2.45, 2.75) is 38.0 Å². The fourth-order valence-electron chi connectivity index (χ4n) is 3.69. The molecule has 0 saturated heterocycles. The van der Waals surface area contributed by atoms with E-state index in [2.05, 4.69) is 10.1 Å². The Hall–Kier alpha value is -2.89. The number of aromatic hydroxyl groups is 1. The molecular weight excluding hydrogens is 318 g/mol. The fraction of sp³-hybridized carbons (Fsp3) is 0.316. The van der Waals surface area contributed by atoms with Crippen molar-refractivity contribution in [2.24, 2.45) is 0 Å². The van der Waals surface area contributed by atoms with Gasteiger partial charge in [-0.05, 0) is 30.5 Å². The predicted octanol–water partition coefficient (Wildman–Crippen LogP) is 3.85. The summed E-state index contributed by atoms with van der Waals surface area (Å²) in [7, 11) is 0. The number of hydrogen-bond donors (Lipinski definition) is 2. The van der Waals surface area contributed by atoms with Crippen molar-refractivity contribution in [2.75, 3.05) is 0 Å². The Morgan fingerprint density at radius 3 is 2.52 bits per heavy atom. The van der Waals surface area contributed by atoms with E-state index in [-0.39, 0.29) is 11.4 Å². The Bertz CT molecular complexity index is 925. The molecule has 128 valence electrons. The van der Waals surface area contributed by atoms with Crippen molar-refractivity contribution in [3.05, 3.63) is 47.9 Å². The van der Waals surface area contributed by atoms with Crippen LogP contribution >= 0.6 is 0 Å². The smallest absolute Gasteiger partial charge is 0.356 e. The van der Waals surface area contributed by atoms with Crippen LogP contribution < -0.4 is 0 Å². The van der Waals surface area contributed by atoms with Crippen molar-refractivity contribution in [3.63, 3.8) is 0 Å². The van der Waals surface area contributed by atoms with Crippen LogP contribution in [-0.2, 0) is 0 Å². The van der Waals surface area contributed by atoms with Crippen molar-refractivity contribution >= 4 is 11.6 Å². The van der Waals surface area contributed by atoms with Gasteiger partial charge in [-0.1, -0.05) is 31.4 Å². The number of phenolic OH excluding ortho intramolecular Hbond substituents is 1. The molecule has 0 aliphatic heterocycles. The van der Waals surface area contributed by atoms with E-state index in [1.165, 1.54) is 12.5 Å². The Morgan fingerprint density at radius 1 is 1.12 bits per heavy atom. The lowest BCUT2D eigenvalue weighted by Gasteiger charge is -2.24. The van der Waals surface area contributed by atoms with Crippen molar-refractivity contribution in [3.8, 4) is 16.9 Å².